The molecule has 2 aromatic carbocycles. The second-order valence-corrected chi connectivity index (χ2v) is 6.71. The molecule has 0 aliphatic carbocycles. The number of benzene rings is 2. The Bertz CT molecular complexity index is 1020. The summed E-state index contributed by atoms with van der Waals surface area (Å²) in [5.41, 5.74) is 1.27. The molecular formula is C21H22N6O3. The largest absolute Gasteiger partial charge is 0.497 e. The molecule has 0 saturated carbocycles. The molecule has 30 heavy (non-hydrogen) atoms. The molecular weight excluding hydrogens is 384 g/mol. The number of rotatable bonds is 7. The van der Waals surface area contributed by atoms with Crippen molar-refractivity contribution in [2.24, 2.45) is 0 Å². The fourth-order valence-corrected chi connectivity index (χ4v) is 3.03. The quantitative estimate of drug-likeness (QED) is 0.616. The summed E-state index contributed by atoms with van der Waals surface area (Å²) >= 11 is 0. The van der Waals surface area contributed by atoms with Crippen LogP contribution in [0.2, 0.25) is 0 Å². The van der Waals surface area contributed by atoms with Gasteiger partial charge in [-0.3, -0.25) is 4.79 Å². The number of anilines is 3. The molecule has 0 radical (unpaired) electrons. The van der Waals surface area contributed by atoms with E-state index in [9.17, 15) is 4.79 Å². The highest BCUT2D eigenvalue weighted by Crippen LogP contribution is 2.24. The van der Waals surface area contributed by atoms with Gasteiger partial charge >= 0.3 is 0 Å². The maximum Gasteiger partial charge on any atom is 0.251 e. The van der Waals surface area contributed by atoms with Crippen molar-refractivity contribution in [3.8, 4) is 11.5 Å². The minimum Gasteiger partial charge on any atom is -0.497 e. The summed E-state index contributed by atoms with van der Waals surface area (Å²) in [5.74, 6) is 2.43. The summed E-state index contributed by atoms with van der Waals surface area (Å²) in [6, 6.07) is 14.6. The van der Waals surface area contributed by atoms with E-state index < -0.39 is 0 Å². The third-order valence-electron chi connectivity index (χ3n) is 4.66. The van der Waals surface area contributed by atoms with Crippen LogP contribution in [-0.4, -0.2) is 54.2 Å². The Labute approximate surface area is 174 Å². The van der Waals surface area contributed by atoms with Gasteiger partial charge in [-0.1, -0.05) is 6.07 Å². The van der Waals surface area contributed by atoms with Crippen LogP contribution < -0.4 is 25.0 Å². The predicted octanol–water partition coefficient (Wildman–Crippen LogP) is 2.25. The molecule has 0 bridgehead atoms. The zero-order valence-corrected chi connectivity index (χ0v) is 16.7. The molecule has 9 nitrogen and oxygen atoms in total. The van der Waals surface area contributed by atoms with E-state index in [1.54, 1.807) is 32.4 Å². The molecule has 1 saturated heterocycles. The van der Waals surface area contributed by atoms with Crippen LogP contribution in [0.4, 0.5) is 17.6 Å². The smallest absolute Gasteiger partial charge is 0.251 e. The number of nitrogens with zero attached hydrogens (tertiary/aromatic N) is 4. The number of ether oxygens (including phenoxy) is 2. The third-order valence-corrected chi connectivity index (χ3v) is 4.66. The number of carbonyl (C=O) groups is 1. The van der Waals surface area contributed by atoms with Gasteiger partial charge in [0.2, 0.25) is 11.9 Å². The molecule has 0 atom stereocenters. The summed E-state index contributed by atoms with van der Waals surface area (Å²) in [4.78, 5) is 26.7. The Morgan fingerprint density at radius 1 is 1.10 bits per heavy atom. The molecule has 0 unspecified atom stereocenters. The van der Waals surface area contributed by atoms with Crippen LogP contribution in [0.5, 0.6) is 11.5 Å². The maximum atomic E-state index is 11.8. The first-order valence-electron chi connectivity index (χ1n) is 9.48. The SMILES string of the molecule is CNC(=O)c1cccc(Nc2ncnc(N3CC(Oc4ccc(OC)cc4)C3)n2)c1. The Morgan fingerprint density at radius 3 is 2.60 bits per heavy atom. The van der Waals surface area contributed by atoms with E-state index in [4.69, 9.17) is 9.47 Å². The van der Waals surface area contributed by atoms with E-state index in [-0.39, 0.29) is 12.0 Å². The van der Waals surface area contributed by atoms with Crippen LogP contribution in [0.3, 0.4) is 0 Å². The zero-order chi connectivity index (χ0) is 20.9. The molecule has 154 valence electrons. The van der Waals surface area contributed by atoms with E-state index >= 15 is 0 Å². The van der Waals surface area contributed by atoms with Crippen molar-refractivity contribution in [1.29, 1.82) is 0 Å². The number of carbonyl (C=O) groups excluding carboxylic acids is 1. The summed E-state index contributed by atoms with van der Waals surface area (Å²) < 4.78 is 11.1. The van der Waals surface area contributed by atoms with Crippen LogP contribution in [0.1, 0.15) is 10.4 Å². The van der Waals surface area contributed by atoms with Gasteiger partial charge in [-0.05, 0) is 42.5 Å². The summed E-state index contributed by atoms with van der Waals surface area (Å²) in [6.45, 7) is 1.36. The molecule has 1 amide bonds. The molecule has 4 rings (SSSR count). The lowest BCUT2D eigenvalue weighted by Crippen LogP contribution is -2.54. The van der Waals surface area contributed by atoms with Crippen LogP contribution in [0, 0.1) is 0 Å². The Balaban J connectivity index is 1.36. The van der Waals surface area contributed by atoms with Crippen molar-refractivity contribution in [3.05, 3.63) is 60.4 Å². The minimum absolute atomic E-state index is 0.0656. The molecule has 3 aromatic rings. The average molecular weight is 406 g/mol. The van der Waals surface area contributed by atoms with Crippen molar-refractivity contribution in [3.63, 3.8) is 0 Å². The van der Waals surface area contributed by atoms with E-state index in [0.29, 0.717) is 30.5 Å². The molecule has 1 aliphatic rings. The molecule has 1 aliphatic heterocycles. The van der Waals surface area contributed by atoms with Crippen molar-refractivity contribution in [2.75, 3.05) is 37.5 Å². The highest BCUT2D eigenvalue weighted by atomic mass is 16.5. The fourth-order valence-electron chi connectivity index (χ4n) is 3.03. The van der Waals surface area contributed by atoms with Gasteiger partial charge in [0.15, 0.2) is 0 Å². The van der Waals surface area contributed by atoms with Gasteiger partial charge in [0.05, 0.1) is 20.2 Å². The Hall–Kier alpha value is -3.88. The molecule has 2 N–H and O–H groups in total. The van der Waals surface area contributed by atoms with Crippen molar-refractivity contribution in [1.82, 2.24) is 20.3 Å². The lowest BCUT2D eigenvalue weighted by molar-refractivity contribution is 0.0963. The van der Waals surface area contributed by atoms with Crippen LogP contribution in [0.25, 0.3) is 0 Å². The van der Waals surface area contributed by atoms with Crippen molar-refractivity contribution < 1.29 is 14.3 Å². The van der Waals surface area contributed by atoms with Gasteiger partial charge in [0.1, 0.15) is 23.9 Å². The summed E-state index contributed by atoms with van der Waals surface area (Å²) in [6.07, 6.45) is 1.53. The minimum atomic E-state index is -0.154. The number of nitrogens with one attached hydrogen (secondary N) is 2. The van der Waals surface area contributed by atoms with Crippen LogP contribution >= 0.6 is 0 Å². The maximum absolute atomic E-state index is 11.8. The Kier molecular flexibility index (Phi) is 5.60. The zero-order valence-electron chi connectivity index (χ0n) is 16.7. The predicted molar refractivity (Wildman–Crippen MR) is 113 cm³/mol. The molecule has 1 fully saturated rings. The number of amides is 1. The molecule has 9 heteroatoms. The van der Waals surface area contributed by atoms with Gasteiger partial charge in [0, 0.05) is 18.3 Å². The topological polar surface area (TPSA) is 102 Å². The average Bonchev–Trinajstić information content (AvgIpc) is 2.76. The molecule has 1 aromatic heterocycles. The molecule has 2 heterocycles. The summed E-state index contributed by atoms with van der Waals surface area (Å²) in [7, 11) is 3.23. The lowest BCUT2D eigenvalue weighted by atomic mass is 10.2. The normalized spacial score (nSPS) is 13.3. The van der Waals surface area contributed by atoms with E-state index in [2.05, 4.69) is 25.6 Å². The number of hydrogen-bond acceptors (Lipinski definition) is 8. The van der Waals surface area contributed by atoms with Gasteiger partial charge < -0.3 is 25.0 Å². The third kappa shape index (κ3) is 4.40. The van der Waals surface area contributed by atoms with Gasteiger partial charge in [-0.2, -0.15) is 4.98 Å². The summed E-state index contributed by atoms with van der Waals surface area (Å²) in [5, 5.41) is 5.72. The number of methoxy groups -OCH3 is 1. The van der Waals surface area contributed by atoms with Crippen LogP contribution in [0.15, 0.2) is 54.9 Å². The van der Waals surface area contributed by atoms with Gasteiger partial charge in [-0.25, -0.2) is 9.97 Å². The van der Waals surface area contributed by atoms with Gasteiger partial charge in [-0.15, -0.1) is 0 Å². The first-order valence-corrected chi connectivity index (χ1v) is 9.48. The van der Waals surface area contributed by atoms with Crippen molar-refractivity contribution >= 4 is 23.5 Å². The van der Waals surface area contributed by atoms with Crippen molar-refractivity contribution in [2.45, 2.75) is 6.10 Å². The van der Waals surface area contributed by atoms with Crippen LogP contribution in [-0.2, 0) is 0 Å². The highest BCUT2D eigenvalue weighted by Gasteiger charge is 2.30. The lowest BCUT2D eigenvalue weighted by Gasteiger charge is -2.38. The second kappa shape index (κ2) is 8.64. The van der Waals surface area contributed by atoms with E-state index in [1.165, 1.54) is 6.33 Å². The second-order valence-electron chi connectivity index (χ2n) is 6.71. The van der Waals surface area contributed by atoms with E-state index in [0.717, 1.165) is 17.2 Å². The number of hydrogen-bond donors (Lipinski definition) is 2. The highest BCUT2D eigenvalue weighted by molar-refractivity contribution is 5.95. The Morgan fingerprint density at radius 2 is 1.87 bits per heavy atom. The number of aromatic nitrogens is 3. The first kappa shape index (κ1) is 19.4. The van der Waals surface area contributed by atoms with Gasteiger partial charge in [0.25, 0.3) is 5.91 Å². The van der Waals surface area contributed by atoms with E-state index in [1.807, 2.05) is 35.2 Å². The monoisotopic (exact) mass is 406 g/mol. The fraction of sp³-hybridized carbons (Fsp3) is 0.238. The molecule has 0 spiro atoms. The first-order chi connectivity index (χ1) is 14.6. The standard InChI is InChI=1S/C21H22N6O3/c1-22-19(28)14-4-3-5-15(10-14)25-20-23-13-24-21(26-20)27-11-18(12-27)30-17-8-6-16(29-2)7-9-17/h3-10,13,18H,11-12H2,1-2H3,(H,22,28)(H,23,24,25,26).